The van der Waals surface area contributed by atoms with Crippen LogP contribution >= 0.6 is 0 Å². The van der Waals surface area contributed by atoms with Crippen LogP contribution in [0.5, 0.6) is 5.75 Å². The fourth-order valence-electron chi connectivity index (χ4n) is 2.99. The van der Waals surface area contributed by atoms with Crippen LogP contribution in [0, 0.1) is 0 Å². The Kier molecular flexibility index (Phi) is 4.42. The highest BCUT2D eigenvalue weighted by Crippen LogP contribution is 2.32. The summed E-state index contributed by atoms with van der Waals surface area (Å²) in [5, 5.41) is 0. The third-order valence-electron chi connectivity index (χ3n) is 4.03. The highest BCUT2D eigenvalue weighted by atomic mass is 16.5. The molecule has 5 nitrogen and oxygen atoms in total. The van der Waals surface area contributed by atoms with Crippen LogP contribution < -0.4 is 4.74 Å². The normalized spacial score (nSPS) is 17.7. The summed E-state index contributed by atoms with van der Waals surface area (Å²) in [5.74, 6) is 1.02. The number of benzene rings is 1. The van der Waals surface area contributed by atoms with Crippen LogP contribution in [0.15, 0.2) is 43.0 Å². The topological polar surface area (TPSA) is 47.4 Å². The molecule has 2 aromatic rings. The predicted octanol–water partition coefficient (Wildman–Crippen LogP) is 2.65. The molecule has 1 aliphatic rings. The number of carbonyl (C=O) groups excluding carboxylic acids is 1. The van der Waals surface area contributed by atoms with E-state index in [1.54, 1.807) is 12.5 Å². The van der Waals surface area contributed by atoms with Gasteiger partial charge in [-0.15, -0.1) is 0 Å². The monoisotopic (exact) mass is 299 g/mol. The van der Waals surface area contributed by atoms with Gasteiger partial charge in [0.25, 0.3) is 0 Å². The molecule has 0 bridgehead atoms. The van der Waals surface area contributed by atoms with E-state index in [0.29, 0.717) is 13.2 Å². The van der Waals surface area contributed by atoms with Crippen molar-refractivity contribution in [3.05, 3.63) is 48.5 Å². The minimum atomic E-state index is 0.148. The van der Waals surface area contributed by atoms with Crippen molar-refractivity contribution in [2.24, 2.45) is 0 Å². The quantitative estimate of drug-likeness (QED) is 0.852. The van der Waals surface area contributed by atoms with Gasteiger partial charge in [0.1, 0.15) is 12.3 Å². The Labute approximate surface area is 130 Å². The number of rotatable bonds is 5. The molecule has 1 saturated heterocycles. The molecule has 0 N–H and O–H groups in total. The van der Waals surface area contributed by atoms with E-state index in [9.17, 15) is 4.79 Å². The summed E-state index contributed by atoms with van der Waals surface area (Å²) in [7, 11) is 0. The molecule has 1 amide bonds. The number of aromatic nitrogens is 2. The van der Waals surface area contributed by atoms with Gasteiger partial charge in [-0.2, -0.15) is 0 Å². The molecule has 1 aliphatic heterocycles. The van der Waals surface area contributed by atoms with E-state index in [1.807, 2.05) is 34.7 Å². The number of nitrogens with zero attached hydrogens (tertiary/aromatic N) is 3. The van der Waals surface area contributed by atoms with E-state index in [0.717, 1.165) is 25.1 Å². The molecule has 1 unspecified atom stereocenters. The molecular formula is C17H21N3O2. The van der Waals surface area contributed by atoms with Crippen molar-refractivity contribution in [3.63, 3.8) is 0 Å². The second-order valence-corrected chi connectivity index (χ2v) is 5.48. The maximum Gasteiger partial charge on any atom is 0.243 e. The molecular weight excluding hydrogens is 278 g/mol. The van der Waals surface area contributed by atoms with E-state index in [2.05, 4.69) is 17.1 Å². The lowest BCUT2D eigenvalue weighted by Crippen LogP contribution is -2.33. The van der Waals surface area contributed by atoms with Crippen molar-refractivity contribution in [1.82, 2.24) is 14.5 Å². The first-order chi connectivity index (χ1) is 10.8. The van der Waals surface area contributed by atoms with Crippen LogP contribution in [0.1, 0.15) is 31.4 Å². The molecule has 116 valence electrons. The molecule has 0 aliphatic carbocycles. The lowest BCUT2D eigenvalue weighted by molar-refractivity contribution is -0.132. The summed E-state index contributed by atoms with van der Waals surface area (Å²) in [4.78, 5) is 18.5. The highest BCUT2D eigenvalue weighted by molar-refractivity contribution is 5.76. The Morgan fingerprint density at radius 3 is 2.86 bits per heavy atom. The second kappa shape index (κ2) is 6.64. The Morgan fingerprint density at radius 1 is 1.36 bits per heavy atom. The van der Waals surface area contributed by atoms with Gasteiger partial charge in [-0.25, -0.2) is 4.98 Å². The smallest absolute Gasteiger partial charge is 0.243 e. The molecule has 22 heavy (non-hydrogen) atoms. The van der Waals surface area contributed by atoms with E-state index >= 15 is 0 Å². The van der Waals surface area contributed by atoms with Gasteiger partial charge in [-0.3, -0.25) is 4.79 Å². The minimum Gasteiger partial charge on any atom is -0.494 e. The van der Waals surface area contributed by atoms with Gasteiger partial charge in [0, 0.05) is 18.9 Å². The number of hydrogen-bond donors (Lipinski definition) is 0. The van der Waals surface area contributed by atoms with Gasteiger partial charge in [0.05, 0.1) is 19.0 Å². The lowest BCUT2D eigenvalue weighted by Gasteiger charge is -2.25. The van der Waals surface area contributed by atoms with Crippen LogP contribution in [0.25, 0.3) is 0 Å². The third-order valence-corrected chi connectivity index (χ3v) is 4.03. The van der Waals surface area contributed by atoms with Gasteiger partial charge in [0.15, 0.2) is 0 Å². The number of hydrogen-bond acceptors (Lipinski definition) is 3. The average molecular weight is 299 g/mol. The van der Waals surface area contributed by atoms with Crippen LogP contribution in [0.3, 0.4) is 0 Å². The number of amides is 1. The zero-order chi connectivity index (χ0) is 15.4. The summed E-state index contributed by atoms with van der Waals surface area (Å²) in [5.41, 5.74) is 1.18. The van der Waals surface area contributed by atoms with Crippen LogP contribution in [-0.2, 0) is 11.3 Å². The largest absolute Gasteiger partial charge is 0.494 e. The first-order valence-corrected chi connectivity index (χ1v) is 7.76. The average Bonchev–Trinajstić information content (AvgIpc) is 3.19. The minimum absolute atomic E-state index is 0.148. The van der Waals surface area contributed by atoms with Crippen LogP contribution in [0.2, 0.25) is 0 Å². The zero-order valence-corrected chi connectivity index (χ0v) is 12.8. The fraction of sp³-hybridized carbons (Fsp3) is 0.412. The molecule has 5 heteroatoms. The molecule has 1 aromatic carbocycles. The molecule has 1 atom stereocenters. The Bertz CT molecular complexity index is 607. The first-order valence-electron chi connectivity index (χ1n) is 7.76. The lowest BCUT2D eigenvalue weighted by atomic mass is 10.0. The summed E-state index contributed by atoms with van der Waals surface area (Å²) in [6, 6.07) is 8.27. The molecule has 1 aromatic heterocycles. The predicted molar refractivity (Wildman–Crippen MR) is 83.5 cm³/mol. The van der Waals surface area contributed by atoms with Crippen molar-refractivity contribution in [2.45, 2.75) is 32.4 Å². The number of carbonyl (C=O) groups is 1. The summed E-state index contributed by atoms with van der Waals surface area (Å²) in [6.45, 7) is 3.82. The maximum atomic E-state index is 12.5. The molecule has 3 rings (SSSR count). The third kappa shape index (κ3) is 3.13. The van der Waals surface area contributed by atoms with Crippen molar-refractivity contribution in [1.29, 1.82) is 0 Å². The molecule has 0 spiro atoms. The Hall–Kier alpha value is -2.30. The van der Waals surface area contributed by atoms with Crippen molar-refractivity contribution < 1.29 is 9.53 Å². The van der Waals surface area contributed by atoms with E-state index < -0.39 is 0 Å². The van der Waals surface area contributed by atoms with Crippen molar-refractivity contribution in [3.8, 4) is 5.75 Å². The van der Waals surface area contributed by atoms with E-state index in [4.69, 9.17) is 4.74 Å². The Morgan fingerprint density at radius 2 is 2.18 bits per heavy atom. The molecule has 2 heterocycles. The van der Waals surface area contributed by atoms with Crippen molar-refractivity contribution >= 4 is 5.91 Å². The summed E-state index contributed by atoms with van der Waals surface area (Å²) in [6.07, 6.45) is 7.26. The van der Waals surface area contributed by atoms with Gasteiger partial charge in [-0.05, 0) is 37.5 Å². The fourth-order valence-corrected chi connectivity index (χ4v) is 2.99. The SMILES string of the molecule is CCOc1ccc(C2CCCN2C(=O)Cn2ccnc2)cc1. The first kappa shape index (κ1) is 14.6. The van der Waals surface area contributed by atoms with Gasteiger partial charge in [0.2, 0.25) is 5.91 Å². The van der Waals surface area contributed by atoms with Gasteiger partial charge >= 0.3 is 0 Å². The highest BCUT2D eigenvalue weighted by Gasteiger charge is 2.29. The standard InChI is InChI=1S/C17H21N3O2/c1-2-22-15-7-5-14(6-8-15)16-4-3-10-20(16)17(21)12-19-11-9-18-13-19/h5-9,11,13,16H,2-4,10,12H2,1H3. The molecule has 1 fully saturated rings. The Balaban J connectivity index is 1.70. The summed E-state index contributed by atoms with van der Waals surface area (Å²) < 4.78 is 7.29. The zero-order valence-electron chi connectivity index (χ0n) is 12.8. The number of likely N-dealkylation sites (tertiary alicyclic amines) is 1. The maximum absolute atomic E-state index is 12.5. The molecule has 0 saturated carbocycles. The van der Waals surface area contributed by atoms with Crippen LogP contribution in [0.4, 0.5) is 0 Å². The summed E-state index contributed by atoms with van der Waals surface area (Å²) >= 11 is 0. The van der Waals surface area contributed by atoms with Gasteiger partial charge in [-0.1, -0.05) is 12.1 Å². The number of ether oxygens (including phenoxy) is 1. The number of imidazole rings is 1. The van der Waals surface area contributed by atoms with Crippen LogP contribution in [-0.4, -0.2) is 33.5 Å². The van der Waals surface area contributed by atoms with E-state index in [-0.39, 0.29) is 11.9 Å². The van der Waals surface area contributed by atoms with Crippen molar-refractivity contribution in [2.75, 3.05) is 13.2 Å². The van der Waals surface area contributed by atoms with Gasteiger partial charge < -0.3 is 14.2 Å². The second-order valence-electron chi connectivity index (χ2n) is 5.48. The van der Waals surface area contributed by atoms with E-state index in [1.165, 1.54) is 5.56 Å². The molecule has 0 radical (unpaired) electrons.